The summed E-state index contributed by atoms with van der Waals surface area (Å²) in [6, 6.07) is 12.1. The molecule has 24 heavy (non-hydrogen) atoms. The van der Waals surface area contributed by atoms with Gasteiger partial charge in [-0.15, -0.1) is 11.3 Å². The van der Waals surface area contributed by atoms with Gasteiger partial charge in [0.05, 0.1) is 16.6 Å². The Morgan fingerprint density at radius 2 is 2.12 bits per heavy atom. The molecule has 1 amide bonds. The lowest BCUT2D eigenvalue weighted by atomic mass is 10.0. The first-order valence-corrected chi connectivity index (χ1v) is 8.76. The molecule has 1 saturated heterocycles. The van der Waals surface area contributed by atoms with Gasteiger partial charge in [-0.25, -0.2) is 4.39 Å². The van der Waals surface area contributed by atoms with Gasteiger partial charge < -0.3 is 4.90 Å². The zero-order chi connectivity index (χ0) is 16.5. The summed E-state index contributed by atoms with van der Waals surface area (Å²) < 4.78 is 13.1. The molecule has 1 aliphatic heterocycles. The van der Waals surface area contributed by atoms with E-state index in [4.69, 9.17) is 0 Å². The second kappa shape index (κ2) is 6.20. The standard InChI is InChI=1S/C18H16FN3OS/c19-13-7-5-12(6-8-13)16-3-1-9-22(16)18(23)15-11-14(20-21-15)17-4-2-10-24-17/h2,4-8,10-11,16H,1,3,9H2,(H,20,21). The highest BCUT2D eigenvalue weighted by molar-refractivity contribution is 7.13. The third-order valence-electron chi connectivity index (χ3n) is 4.35. The molecule has 1 fully saturated rings. The van der Waals surface area contributed by atoms with E-state index in [9.17, 15) is 9.18 Å². The van der Waals surface area contributed by atoms with Gasteiger partial charge in [0, 0.05) is 6.54 Å². The van der Waals surface area contributed by atoms with Crippen molar-refractivity contribution >= 4 is 17.2 Å². The number of carbonyl (C=O) groups excluding carboxylic acids is 1. The topological polar surface area (TPSA) is 49.0 Å². The van der Waals surface area contributed by atoms with E-state index in [0.29, 0.717) is 12.2 Å². The van der Waals surface area contributed by atoms with Gasteiger partial charge in [0.15, 0.2) is 5.69 Å². The SMILES string of the molecule is O=C(c1cc(-c2cccs2)[nH]n1)N1CCCC1c1ccc(F)cc1. The Bertz CT molecular complexity index is 842. The van der Waals surface area contributed by atoms with E-state index >= 15 is 0 Å². The van der Waals surface area contributed by atoms with Gasteiger partial charge in [-0.3, -0.25) is 9.89 Å². The third kappa shape index (κ3) is 2.73. The second-order valence-electron chi connectivity index (χ2n) is 5.85. The van der Waals surface area contributed by atoms with Crippen LogP contribution in [0.4, 0.5) is 4.39 Å². The summed E-state index contributed by atoms with van der Waals surface area (Å²) in [6.07, 6.45) is 1.83. The second-order valence-corrected chi connectivity index (χ2v) is 6.80. The number of likely N-dealkylation sites (tertiary alicyclic amines) is 1. The molecule has 2 aromatic heterocycles. The minimum atomic E-state index is -0.262. The lowest BCUT2D eigenvalue weighted by Crippen LogP contribution is -2.30. The number of amides is 1. The molecule has 1 aliphatic rings. The number of hydrogen-bond donors (Lipinski definition) is 1. The number of H-pyrrole nitrogens is 1. The fraction of sp³-hybridized carbons (Fsp3) is 0.222. The van der Waals surface area contributed by atoms with E-state index in [1.165, 1.54) is 12.1 Å². The maximum absolute atomic E-state index is 13.1. The van der Waals surface area contributed by atoms with Crippen LogP contribution in [0, 0.1) is 5.82 Å². The fourth-order valence-corrected chi connectivity index (χ4v) is 3.87. The predicted molar refractivity (Wildman–Crippen MR) is 91.3 cm³/mol. The third-order valence-corrected chi connectivity index (χ3v) is 5.26. The van der Waals surface area contributed by atoms with E-state index in [1.54, 1.807) is 29.5 Å². The molecular weight excluding hydrogens is 325 g/mol. The van der Waals surface area contributed by atoms with Crippen molar-refractivity contribution in [3.8, 4) is 10.6 Å². The van der Waals surface area contributed by atoms with E-state index in [1.807, 2.05) is 22.4 Å². The molecule has 1 N–H and O–H groups in total. The molecule has 1 aromatic carbocycles. The van der Waals surface area contributed by atoms with Crippen LogP contribution in [-0.4, -0.2) is 27.5 Å². The molecule has 1 atom stereocenters. The molecule has 6 heteroatoms. The molecule has 0 bridgehead atoms. The minimum absolute atomic E-state index is 0.0139. The molecule has 0 aliphatic carbocycles. The molecule has 0 spiro atoms. The summed E-state index contributed by atoms with van der Waals surface area (Å²) in [5.41, 5.74) is 2.24. The van der Waals surface area contributed by atoms with Gasteiger partial charge in [0.2, 0.25) is 0 Å². The summed E-state index contributed by atoms with van der Waals surface area (Å²) >= 11 is 1.60. The maximum Gasteiger partial charge on any atom is 0.274 e. The molecule has 0 radical (unpaired) electrons. The van der Waals surface area contributed by atoms with Crippen LogP contribution in [0.15, 0.2) is 47.8 Å². The number of nitrogens with zero attached hydrogens (tertiary/aromatic N) is 2. The van der Waals surface area contributed by atoms with Crippen LogP contribution in [-0.2, 0) is 0 Å². The first kappa shape index (κ1) is 15.1. The fourth-order valence-electron chi connectivity index (χ4n) is 3.18. The normalized spacial score (nSPS) is 17.4. The number of thiophene rings is 1. The van der Waals surface area contributed by atoms with Gasteiger partial charge in [-0.1, -0.05) is 18.2 Å². The van der Waals surface area contributed by atoms with Gasteiger partial charge in [-0.2, -0.15) is 5.10 Å². The highest BCUT2D eigenvalue weighted by Crippen LogP contribution is 2.33. The summed E-state index contributed by atoms with van der Waals surface area (Å²) in [6.45, 7) is 0.696. The quantitative estimate of drug-likeness (QED) is 0.774. The summed E-state index contributed by atoms with van der Waals surface area (Å²) in [5.74, 6) is -0.344. The Kier molecular flexibility index (Phi) is 3.90. The average molecular weight is 341 g/mol. The number of hydrogen-bond acceptors (Lipinski definition) is 3. The van der Waals surface area contributed by atoms with Crippen molar-refractivity contribution in [2.75, 3.05) is 6.54 Å². The van der Waals surface area contributed by atoms with Crippen molar-refractivity contribution in [2.24, 2.45) is 0 Å². The zero-order valence-electron chi connectivity index (χ0n) is 12.9. The number of aromatic amines is 1. The van der Waals surface area contributed by atoms with Gasteiger partial charge >= 0.3 is 0 Å². The molecule has 122 valence electrons. The Morgan fingerprint density at radius 3 is 2.88 bits per heavy atom. The van der Waals surface area contributed by atoms with Gasteiger partial charge in [0.25, 0.3) is 5.91 Å². The van der Waals surface area contributed by atoms with Crippen LogP contribution in [0.5, 0.6) is 0 Å². The van der Waals surface area contributed by atoms with Crippen LogP contribution in [0.3, 0.4) is 0 Å². The van der Waals surface area contributed by atoms with Crippen molar-refractivity contribution in [3.63, 3.8) is 0 Å². The molecule has 3 aromatic rings. The Balaban J connectivity index is 1.58. The Labute approximate surface area is 142 Å². The maximum atomic E-state index is 13.1. The first-order valence-electron chi connectivity index (χ1n) is 7.88. The average Bonchev–Trinajstić information content (AvgIpc) is 3.34. The van der Waals surface area contributed by atoms with E-state index < -0.39 is 0 Å². The monoisotopic (exact) mass is 341 g/mol. The Hall–Kier alpha value is -2.47. The van der Waals surface area contributed by atoms with Crippen LogP contribution in [0.1, 0.15) is 34.9 Å². The van der Waals surface area contributed by atoms with Crippen LogP contribution < -0.4 is 0 Å². The highest BCUT2D eigenvalue weighted by Gasteiger charge is 2.31. The lowest BCUT2D eigenvalue weighted by Gasteiger charge is -2.24. The van der Waals surface area contributed by atoms with Crippen molar-refractivity contribution < 1.29 is 9.18 Å². The molecule has 0 saturated carbocycles. The number of halogens is 1. The molecular formula is C18H16FN3OS. The summed E-state index contributed by atoms with van der Waals surface area (Å²) in [4.78, 5) is 15.7. The van der Waals surface area contributed by atoms with Crippen molar-refractivity contribution in [3.05, 3.63) is 64.9 Å². The number of nitrogens with one attached hydrogen (secondary N) is 1. The smallest absolute Gasteiger partial charge is 0.274 e. The predicted octanol–water partition coefficient (Wildman–Crippen LogP) is 4.25. The Morgan fingerprint density at radius 1 is 1.29 bits per heavy atom. The number of aromatic nitrogens is 2. The largest absolute Gasteiger partial charge is 0.330 e. The first-order chi connectivity index (χ1) is 11.7. The lowest BCUT2D eigenvalue weighted by molar-refractivity contribution is 0.0729. The molecule has 1 unspecified atom stereocenters. The van der Waals surface area contributed by atoms with Crippen LogP contribution in [0.2, 0.25) is 0 Å². The van der Waals surface area contributed by atoms with E-state index in [-0.39, 0.29) is 17.8 Å². The summed E-state index contributed by atoms with van der Waals surface area (Å²) in [5, 5.41) is 9.12. The highest BCUT2D eigenvalue weighted by atomic mass is 32.1. The molecule has 3 heterocycles. The molecule has 4 rings (SSSR count). The van der Waals surface area contributed by atoms with Gasteiger partial charge in [-0.05, 0) is 48.1 Å². The number of benzene rings is 1. The van der Waals surface area contributed by atoms with Crippen LogP contribution in [0.25, 0.3) is 10.6 Å². The summed E-state index contributed by atoms with van der Waals surface area (Å²) in [7, 11) is 0. The van der Waals surface area contributed by atoms with E-state index in [0.717, 1.165) is 29.0 Å². The van der Waals surface area contributed by atoms with Gasteiger partial charge in [0.1, 0.15) is 5.82 Å². The van der Waals surface area contributed by atoms with Crippen molar-refractivity contribution in [1.82, 2.24) is 15.1 Å². The number of rotatable bonds is 3. The van der Waals surface area contributed by atoms with Crippen molar-refractivity contribution in [2.45, 2.75) is 18.9 Å². The minimum Gasteiger partial charge on any atom is -0.330 e. The van der Waals surface area contributed by atoms with Crippen LogP contribution >= 0.6 is 11.3 Å². The number of carbonyl (C=O) groups is 1. The zero-order valence-corrected chi connectivity index (χ0v) is 13.7. The van der Waals surface area contributed by atoms with Crippen molar-refractivity contribution in [1.29, 1.82) is 0 Å². The van der Waals surface area contributed by atoms with E-state index in [2.05, 4.69) is 10.2 Å². The molecule has 4 nitrogen and oxygen atoms in total.